The molecule has 3 heterocycles. The highest BCUT2D eigenvalue weighted by Crippen LogP contribution is 2.16. The Morgan fingerprint density at radius 1 is 1.04 bits per heavy atom. The van der Waals surface area contributed by atoms with E-state index in [0.29, 0.717) is 12.2 Å². The van der Waals surface area contributed by atoms with Gasteiger partial charge in [0.05, 0.1) is 12.1 Å². The van der Waals surface area contributed by atoms with E-state index in [2.05, 4.69) is 49.3 Å². The van der Waals surface area contributed by atoms with E-state index in [1.54, 1.807) is 12.4 Å². The third kappa shape index (κ3) is 3.16. The van der Waals surface area contributed by atoms with Gasteiger partial charge in [0.2, 0.25) is 0 Å². The number of aromatic amines is 1. The Morgan fingerprint density at radius 3 is 2.68 bits per heavy atom. The molecule has 0 aliphatic rings. The van der Waals surface area contributed by atoms with Gasteiger partial charge in [-0.1, -0.05) is 12.1 Å². The maximum atomic E-state index is 4.56. The average molecular weight is 331 g/mol. The van der Waals surface area contributed by atoms with E-state index in [1.165, 1.54) is 5.56 Å². The summed E-state index contributed by atoms with van der Waals surface area (Å²) in [6.45, 7) is 3.95. The Labute approximate surface area is 144 Å². The van der Waals surface area contributed by atoms with Crippen LogP contribution in [0.15, 0.2) is 48.8 Å². The van der Waals surface area contributed by atoms with Crippen molar-refractivity contribution in [1.29, 1.82) is 0 Å². The molecule has 0 bridgehead atoms. The third-order valence-electron chi connectivity index (χ3n) is 3.82. The quantitative estimate of drug-likeness (QED) is 0.621. The molecule has 3 aromatic heterocycles. The molecule has 7 heteroatoms. The van der Waals surface area contributed by atoms with Crippen molar-refractivity contribution in [2.24, 2.45) is 0 Å². The molecule has 0 saturated heterocycles. The Kier molecular flexibility index (Phi) is 3.81. The second kappa shape index (κ2) is 6.27. The summed E-state index contributed by atoms with van der Waals surface area (Å²) in [5.74, 6) is 2.94. The van der Waals surface area contributed by atoms with E-state index >= 15 is 0 Å². The number of hydrogen-bond donors (Lipinski definition) is 1. The van der Waals surface area contributed by atoms with Crippen molar-refractivity contribution in [3.8, 4) is 17.1 Å². The van der Waals surface area contributed by atoms with Gasteiger partial charge in [-0.15, -0.1) is 0 Å². The molecule has 1 N–H and O–H groups in total. The Balaban J connectivity index is 1.65. The van der Waals surface area contributed by atoms with Crippen LogP contribution in [-0.4, -0.2) is 34.9 Å². The maximum absolute atomic E-state index is 4.56. The van der Waals surface area contributed by atoms with Crippen LogP contribution in [0.3, 0.4) is 0 Å². The van der Waals surface area contributed by atoms with Crippen LogP contribution in [0.25, 0.3) is 17.1 Å². The molecule has 0 aliphatic carbocycles. The molecule has 124 valence electrons. The van der Waals surface area contributed by atoms with Crippen molar-refractivity contribution in [2.75, 3.05) is 0 Å². The zero-order valence-electron chi connectivity index (χ0n) is 14.0. The first-order valence-corrected chi connectivity index (χ1v) is 8.00. The van der Waals surface area contributed by atoms with Crippen molar-refractivity contribution < 1.29 is 0 Å². The van der Waals surface area contributed by atoms with Crippen molar-refractivity contribution in [3.05, 3.63) is 71.8 Å². The Hall–Kier alpha value is -3.35. The van der Waals surface area contributed by atoms with E-state index in [-0.39, 0.29) is 0 Å². The molecular weight excluding hydrogens is 314 g/mol. The van der Waals surface area contributed by atoms with E-state index in [1.807, 2.05) is 35.9 Å². The van der Waals surface area contributed by atoms with Crippen molar-refractivity contribution in [1.82, 2.24) is 34.9 Å². The first-order chi connectivity index (χ1) is 12.2. The standard InChI is InChI=1S/C18H17N7/c1-12-4-3-5-15(10-12)25-17(20-13(2)24-25)11-16-21-18(23-22-16)14-6-8-19-9-7-14/h3-10H,11H2,1-2H3,(H,21,22,23). The summed E-state index contributed by atoms with van der Waals surface area (Å²) >= 11 is 0. The molecule has 0 fully saturated rings. The van der Waals surface area contributed by atoms with Crippen LogP contribution in [0.4, 0.5) is 0 Å². The largest absolute Gasteiger partial charge is 0.265 e. The number of aromatic nitrogens is 7. The zero-order valence-corrected chi connectivity index (χ0v) is 14.0. The minimum Gasteiger partial charge on any atom is -0.265 e. The number of nitrogens with zero attached hydrogens (tertiary/aromatic N) is 6. The summed E-state index contributed by atoms with van der Waals surface area (Å²) in [4.78, 5) is 13.1. The van der Waals surface area contributed by atoms with E-state index in [4.69, 9.17) is 0 Å². The summed E-state index contributed by atoms with van der Waals surface area (Å²) in [7, 11) is 0. The number of benzene rings is 1. The van der Waals surface area contributed by atoms with Crippen molar-refractivity contribution in [3.63, 3.8) is 0 Å². The summed E-state index contributed by atoms with van der Waals surface area (Å²) in [6.07, 6.45) is 3.97. The van der Waals surface area contributed by atoms with Gasteiger partial charge in [0.25, 0.3) is 0 Å². The van der Waals surface area contributed by atoms with Gasteiger partial charge in [-0.25, -0.2) is 14.6 Å². The molecule has 0 saturated carbocycles. The fourth-order valence-corrected chi connectivity index (χ4v) is 2.69. The van der Waals surface area contributed by atoms with Gasteiger partial charge in [-0.3, -0.25) is 10.1 Å². The molecule has 0 amide bonds. The second-order valence-corrected chi connectivity index (χ2v) is 5.84. The molecular formula is C18H17N7. The van der Waals surface area contributed by atoms with Crippen LogP contribution in [0.2, 0.25) is 0 Å². The molecule has 0 aliphatic heterocycles. The first-order valence-electron chi connectivity index (χ1n) is 8.00. The van der Waals surface area contributed by atoms with Crippen LogP contribution in [0, 0.1) is 13.8 Å². The molecule has 25 heavy (non-hydrogen) atoms. The summed E-state index contributed by atoms with van der Waals surface area (Å²) in [5, 5.41) is 11.8. The number of nitrogens with one attached hydrogen (secondary N) is 1. The number of H-pyrrole nitrogens is 1. The van der Waals surface area contributed by atoms with Gasteiger partial charge < -0.3 is 0 Å². The van der Waals surface area contributed by atoms with E-state index < -0.39 is 0 Å². The lowest BCUT2D eigenvalue weighted by Gasteiger charge is -2.05. The van der Waals surface area contributed by atoms with Gasteiger partial charge in [-0.05, 0) is 43.7 Å². The predicted octanol–water partition coefficient (Wildman–Crippen LogP) is 2.66. The minimum atomic E-state index is 0.521. The smallest absolute Gasteiger partial charge is 0.181 e. The molecule has 4 rings (SSSR count). The summed E-state index contributed by atoms with van der Waals surface area (Å²) in [6, 6.07) is 11.9. The molecule has 4 aromatic rings. The zero-order chi connectivity index (χ0) is 17.2. The van der Waals surface area contributed by atoms with Crippen LogP contribution < -0.4 is 0 Å². The van der Waals surface area contributed by atoms with Crippen LogP contribution in [-0.2, 0) is 6.42 Å². The van der Waals surface area contributed by atoms with E-state index in [9.17, 15) is 0 Å². The Morgan fingerprint density at radius 2 is 1.88 bits per heavy atom. The molecule has 0 spiro atoms. The minimum absolute atomic E-state index is 0.521. The normalized spacial score (nSPS) is 11.0. The van der Waals surface area contributed by atoms with Crippen molar-refractivity contribution in [2.45, 2.75) is 20.3 Å². The lowest BCUT2D eigenvalue weighted by atomic mass is 10.2. The van der Waals surface area contributed by atoms with Gasteiger partial charge in [-0.2, -0.15) is 10.2 Å². The highest BCUT2D eigenvalue weighted by Gasteiger charge is 2.13. The van der Waals surface area contributed by atoms with Crippen LogP contribution in [0.5, 0.6) is 0 Å². The highest BCUT2D eigenvalue weighted by atomic mass is 15.4. The molecule has 1 aromatic carbocycles. The van der Waals surface area contributed by atoms with Crippen LogP contribution in [0.1, 0.15) is 23.0 Å². The number of hydrogen-bond acceptors (Lipinski definition) is 5. The van der Waals surface area contributed by atoms with E-state index in [0.717, 1.165) is 28.7 Å². The fourth-order valence-electron chi connectivity index (χ4n) is 2.69. The molecule has 7 nitrogen and oxygen atoms in total. The molecule has 0 unspecified atom stereocenters. The summed E-state index contributed by atoms with van der Waals surface area (Å²) in [5.41, 5.74) is 3.09. The maximum Gasteiger partial charge on any atom is 0.181 e. The van der Waals surface area contributed by atoms with Gasteiger partial charge in [0.1, 0.15) is 17.5 Å². The number of pyridine rings is 1. The van der Waals surface area contributed by atoms with Gasteiger partial charge >= 0.3 is 0 Å². The SMILES string of the molecule is Cc1cccc(-n2nc(C)nc2Cc2nc(-c3ccncc3)n[nH]2)c1. The van der Waals surface area contributed by atoms with Crippen molar-refractivity contribution >= 4 is 0 Å². The highest BCUT2D eigenvalue weighted by molar-refractivity contribution is 5.53. The molecule has 0 atom stereocenters. The Bertz CT molecular complexity index is 1000. The first kappa shape index (κ1) is 15.2. The molecule has 0 radical (unpaired) electrons. The summed E-state index contributed by atoms with van der Waals surface area (Å²) < 4.78 is 1.86. The van der Waals surface area contributed by atoms with Gasteiger partial charge in [0, 0.05) is 18.0 Å². The monoisotopic (exact) mass is 331 g/mol. The number of rotatable bonds is 4. The van der Waals surface area contributed by atoms with Gasteiger partial charge in [0.15, 0.2) is 5.82 Å². The average Bonchev–Trinajstić information content (AvgIpc) is 3.23. The fraction of sp³-hybridized carbons (Fsp3) is 0.167. The topological polar surface area (TPSA) is 85.2 Å². The third-order valence-corrected chi connectivity index (χ3v) is 3.82. The lowest BCUT2D eigenvalue weighted by Crippen LogP contribution is -2.05. The second-order valence-electron chi connectivity index (χ2n) is 5.84. The lowest BCUT2D eigenvalue weighted by molar-refractivity contribution is 0.789. The predicted molar refractivity (Wildman–Crippen MR) is 93.3 cm³/mol. The van der Waals surface area contributed by atoms with Crippen LogP contribution >= 0.6 is 0 Å². The number of aryl methyl sites for hydroxylation is 2.